The van der Waals surface area contributed by atoms with Gasteiger partial charge in [0.1, 0.15) is 16.7 Å². The van der Waals surface area contributed by atoms with Crippen LogP contribution in [0.4, 0.5) is 0 Å². The van der Waals surface area contributed by atoms with E-state index in [1.165, 1.54) is 6.21 Å². The first kappa shape index (κ1) is 17.3. The Morgan fingerprint density at radius 3 is 2.83 bits per heavy atom. The maximum absolute atomic E-state index is 12.0. The first-order valence-electron chi connectivity index (χ1n) is 7.57. The van der Waals surface area contributed by atoms with Crippen molar-refractivity contribution in [3.63, 3.8) is 0 Å². The Bertz CT molecular complexity index is 731. The predicted molar refractivity (Wildman–Crippen MR) is 90.1 cm³/mol. The molecule has 2 heterocycles. The molecule has 6 nitrogen and oxygen atoms in total. The number of rotatable bonds is 6. The number of furan rings is 1. The maximum Gasteiger partial charge on any atom is 0.274 e. The van der Waals surface area contributed by atoms with E-state index in [4.69, 9.17) is 16.0 Å². The van der Waals surface area contributed by atoms with Crippen molar-refractivity contribution in [2.75, 3.05) is 0 Å². The lowest BCUT2D eigenvalue weighted by atomic mass is 10.2. The Labute approximate surface area is 140 Å². The monoisotopic (exact) mass is 336 g/mol. The first-order chi connectivity index (χ1) is 10.9. The van der Waals surface area contributed by atoms with Gasteiger partial charge in [0.25, 0.3) is 5.91 Å². The van der Waals surface area contributed by atoms with Crippen molar-refractivity contribution in [3.8, 4) is 0 Å². The normalized spacial score (nSPS) is 11.3. The molecule has 1 N–H and O–H groups in total. The fraction of sp³-hybridized carbons (Fsp3) is 0.438. The molecule has 0 atom stereocenters. The maximum atomic E-state index is 12.0. The number of nitrogens with one attached hydrogen (secondary N) is 1. The highest BCUT2D eigenvalue weighted by Crippen LogP contribution is 2.18. The van der Waals surface area contributed by atoms with Gasteiger partial charge >= 0.3 is 0 Å². The Morgan fingerprint density at radius 2 is 2.22 bits per heavy atom. The Kier molecular flexibility index (Phi) is 5.60. The van der Waals surface area contributed by atoms with E-state index in [-0.39, 0.29) is 5.91 Å². The van der Waals surface area contributed by atoms with Crippen molar-refractivity contribution in [1.82, 2.24) is 15.2 Å². The minimum Gasteiger partial charge on any atom is -0.466 e. The fourth-order valence-electron chi connectivity index (χ4n) is 2.24. The summed E-state index contributed by atoms with van der Waals surface area (Å²) in [7, 11) is 0. The molecular formula is C16H21ClN4O2. The van der Waals surface area contributed by atoms with Crippen molar-refractivity contribution >= 4 is 23.7 Å². The Balaban J connectivity index is 2.07. The quantitative estimate of drug-likeness (QED) is 0.646. The third kappa shape index (κ3) is 4.01. The summed E-state index contributed by atoms with van der Waals surface area (Å²) >= 11 is 6.31. The van der Waals surface area contributed by atoms with Crippen molar-refractivity contribution in [2.24, 2.45) is 5.10 Å². The van der Waals surface area contributed by atoms with E-state index in [1.807, 2.05) is 6.92 Å². The molecule has 0 aliphatic heterocycles. The number of carbonyl (C=O) groups is 1. The summed E-state index contributed by atoms with van der Waals surface area (Å²) in [4.78, 5) is 12.0. The number of hydrogen-bond donors (Lipinski definition) is 1. The Morgan fingerprint density at radius 1 is 1.48 bits per heavy atom. The predicted octanol–water partition coefficient (Wildman–Crippen LogP) is 3.62. The van der Waals surface area contributed by atoms with E-state index in [2.05, 4.69) is 22.5 Å². The van der Waals surface area contributed by atoms with Gasteiger partial charge in [-0.2, -0.15) is 10.2 Å². The minimum absolute atomic E-state index is 0.317. The van der Waals surface area contributed by atoms with Crippen LogP contribution in [0.2, 0.25) is 5.15 Å². The summed E-state index contributed by atoms with van der Waals surface area (Å²) in [5.41, 5.74) is 4.45. The van der Waals surface area contributed by atoms with Gasteiger partial charge in [0.15, 0.2) is 0 Å². The molecule has 1 amide bonds. The average Bonchev–Trinajstić information content (AvgIpc) is 2.97. The van der Waals surface area contributed by atoms with Crippen LogP contribution in [0.5, 0.6) is 0 Å². The molecule has 0 aromatic carbocycles. The van der Waals surface area contributed by atoms with E-state index in [1.54, 1.807) is 24.6 Å². The molecule has 0 radical (unpaired) electrons. The van der Waals surface area contributed by atoms with Gasteiger partial charge in [-0.05, 0) is 33.3 Å². The van der Waals surface area contributed by atoms with Gasteiger partial charge < -0.3 is 4.42 Å². The lowest BCUT2D eigenvalue weighted by Crippen LogP contribution is -2.17. The molecule has 2 aromatic rings. The highest BCUT2D eigenvalue weighted by molar-refractivity contribution is 6.32. The zero-order valence-electron chi connectivity index (χ0n) is 13.8. The van der Waals surface area contributed by atoms with Gasteiger partial charge in [0.05, 0.1) is 23.0 Å². The van der Waals surface area contributed by atoms with Crippen LogP contribution < -0.4 is 5.43 Å². The minimum atomic E-state index is -0.317. The second-order valence-electron chi connectivity index (χ2n) is 5.39. The van der Waals surface area contributed by atoms with Crippen molar-refractivity contribution < 1.29 is 9.21 Å². The molecule has 0 saturated heterocycles. The highest BCUT2D eigenvalue weighted by atomic mass is 35.5. The number of hydrogen-bond acceptors (Lipinski definition) is 4. The molecule has 0 spiro atoms. The van der Waals surface area contributed by atoms with Crippen LogP contribution >= 0.6 is 11.6 Å². The molecule has 2 rings (SSSR count). The standard InChI is InChI=1S/C16H21ClN4O2/c1-5-6-7-21-15(17)14(11(3)20-21)9-18-19-16(22)13-8-10(2)23-12(13)4/h8-9H,5-7H2,1-4H3,(H,19,22)/b18-9-. The van der Waals surface area contributed by atoms with Gasteiger partial charge in [0.2, 0.25) is 0 Å². The van der Waals surface area contributed by atoms with E-state index >= 15 is 0 Å². The van der Waals surface area contributed by atoms with Crippen LogP contribution in [0, 0.1) is 20.8 Å². The third-order valence-electron chi connectivity index (χ3n) is 3.48. The molecule has 23 heavy (non-hydrogen) atoms. The topological polar surface area (TPSA) is 72.4 Å². The molecule has 2 aromatic heterocycles. The van der Waals surface area contributed by atoms with Crippen LogP contribution in [0.25, 0.3) is 0 Å². The third-order valence-corrected chi connectivity index (χ3v) is 3.88. The highest BCUT2D eigenvalue weighted by Gasteiger charge is 2.14. The van der Waals surface area contributed by atoms with Gasteiger partial charge in [-0.1, -0.05) is 24.9 Å². The summed E-state index contributed by atoms with van der Waals surface area (Å²) in [6.07, 6.45) is 3.60. The zero-order valence-corrected chi connectivity index (χ0v) is 14.6. The number of aromatic nitrogens is 2. The second-order valence-corrected chi connectivity index (χ2v) is 5.75. The van der Waals surface area contributed by atoms with E-state index in [9.17, 15) is 4.79 Å². The SMILES string of the molecule is CCCCn1nc(C)c(/C=N\NC(=O)c2cc(C)oc2C)c1Cl. The lowest BCUT2D eigenvalue weighted by Gasteiger charge is -2.00. The molecule has 0 fully saturated rings. The van der Waals surface area contributed by atoms with Crippen LogP contribution in [-0.2, 0) is 6.54 Å². The average molecular weight is 337 g/mol. The zero-order chi connectivity index (χ0) is 17.0. The molecular weight excluding hydrogens is 316 g/mol. The summed E-state index contributed by atoms with van der Waals surface area (Å²) in [6.45, 7) is 8.28. The van der Waals surface area contributed by atoms with Crippen molar-refractivity contribution in [3.05, 3.63) is 39.6 Å². The van der Waals surface area contributed by atoms with Crippen molar-refractivity contribution in [1.29, 1.82) is 0 Å². The molecule has 124 valence electrons. The number of nitrogens with zero attached hydrogens (tertiary/aromatic N) is 3. The summed E-state index contributed by atoms with van der Waals surface area (Å²) in [6, 6.07) is 1.68. The lowest BCUT2D eigenvalue weighted by molar-refractivity contribution is 0.0953. The summed E-state index contributed by atoms with van der Waals surface area (Å²) in [5.74, 6) is 0.937. The van der Waals surface area contributed by atoms with Gasteiger partial charge in [-0.15, -0.1) is 0 Å². The Hall–Kier alpha value is -2.08. The molecule has 0 saturated carbocycles. The molecule has 7 heteroatoms. The van der Waals surface area contributed by atoms with E-state index in [0.717, 1.165) is 25.1 Å². The fourth-order valence-corrected chi connectivity index (χ4v) is 2.55. The number of unbranched alkanes of at least 4 members (excludes halogenated alkanes) is 1. The smallest absolute Gasteiger partial charge is 0.274 e. The first-order valence-corrected chi connectivity index (χ1v) is 7.95. The number of carbonyl (C=O) groups excluding carboxylic acids is 1. The number of hydrazone groups is 1. The van der Waals surface area contributed by atoms with Gasteiger partial charge in [0, 0.05) is 6.54 Å². The molecule has 0 aliphatic carbocycles. The second kappa shape index (κ2) is 7.46. The van der Waals surface area contributed by atoms with E-state index < -0.39 is 0 Å². The van der Waals surface area contributed by atoms with Crippen LogP contribution in [0.15, 0.2) is 15.6 Å². The van der Waals surface area contributed by atoms with Gasteiger partial charge in [-0.25, -0.2) is 5.43 Å². The van der Waals surface area contributed by atoms with Crippen LogP contribution in [0.1, 0.15) is 52.9 Å². The molecule has 0 unspecified atom stereocenters. The molecule has 0 aliphatic rings. The largest absolute Gasteiger partial charge is 0.466 e. The van der Waals surface area contributed by atoms with Gasteiger partial charge in [-0.3, -0.25) is 9.48 Å². The van der Waals surface area contributed by atoms with Crippen molar-refractivity contribution in [2.45, 2.75) is 47.1 Å². The summed E-state index contributed by atoms with van der Waals surface area (Å²) < 4.78 is 7.09. The number of amides is 1. The summed E-state index contributed by atoms with van der Waals surface area (Å²) in [5, 5.41) is 8.90. The number of aryl methyl sites for hydroxylation is 4. The van der Waals surface area contributed by atoms with E-state index in [0.29, 0.717) is 27.8 Å². The molecule has 0 bridgehead atoms. The number of halogens is 1. The van der Waals surface area contributed by atoms with Crippen LogP contribution in [-0.4, -0.2) is 21.9 Å². The van der Waals surface area contributed by atoms with Crippen LogP contribution in [0.3, 0.4) is 0 Å².